The number of carbonyl (C=O) groups is 1. The van der Waals surface area contributed by atoms with Crippen LogP contribution in [0.5, 0.6) is 0 Å². The van der Waals surface area contributed by atoms with Gasteiger partial charge in [-0.05, 0) is 84.8 Å². The monoisotopic (exact) mass is 430 g/mol. The number of esters is 1. The molecule has 1 aromatic heterocycles. The van der Waals surface area contributed by atoms with Gasteiger partial charge in [0, 0.05) is 24.8 Å². The largest absolute Gasteiger partial charge is 0.460 e. The Hall–Kier alpha value is -3.34. The van der Waals surface area contributed by atoms with E-state index in [0.29, 0.717) is 6.42 Å². The lowest BCUT2D eigenvalue weighted by Crippen LogP contribution is -2.31. The first-order valence-corrected chi connectivity index (χ1v) is 10.9. The molecule has 0 saturated heterocycles. The van der Waals surface area contributed by atoms with E-state index in [-0.39, 0.29) is 17.7 Å². The Morgan fingerprint density at radius 2 is 1.59 bits per heavy atom. The standard InChI is InChI=1S/C23H23FO2.C4H4N2/c1-23(2,3)26-22(25)16-7-9-18-15(12-16)6-11-20-19(18)10-5-14-4-8-17(24)13-21(14)20;1-2-6-4-3-5-1/h4-6,8,10-11,13,16H,7,9,12H2,1-3H3;1-4H. The van der Waals surface area contributed by atoms with Crippen molar-refractivity contribution in [3.63, 3.8) is 0 Å². The molecule has 3 aromatic carbocycles. The van der Waals surface area contributed by atoms with Crippen LogP contribution >= 0.6 is 0 Å². The lowest BCUT2D eigenvalue weighted by Gasteiger charge is -2.28. The summed E-state index contributed by atoms with van der Waals surface area (Å²) < 4.78 is 19.3. The van der Waals surface area contributed by atoms with Crippen molar-refractivity contribution in [2.24, 2.45) is 5.92 Å². The van der Waals surface area contributed by atoms with E-state index in [4.69, 9.17) is 4.74 Å². The summed E-state index contributed by atoms with van der Waals surface area (Å²) in [4.78, 5) is 19.9. The SMILES string of the molecule is CC(C)(C)OC(=O)C1CCc2c(ccc3c2ccc2ccc(F)cc23)C1.c1cnccn1. The van der Waals surface area contributed by atoms with E-state index in [9.17, 15) is 9.18 Å². The van der Waals surface area contributed by atoms with E-state index in [1.165, 1.54) is 22.6 Å². The van der Waals surface area contributed by atoms with Gasteiger partial charge >= 0.3 is 5.97 Å². The second kappa shape index (κ2) is 9.03. The van der Waals surface area contributed by atoms with Crippen molar-refractivity contribution in [3.8, 4) is 0 Å². The van der Waals surface area contributed by atoms with E-state index in [1.54, 1.807) is 30.9 Å². The van der Waals surface area contributed by atoms with Crippen molar-refractivity contribution in [1.82, 2.24) is 9.97 Å². The summed E-state index contributed by atoms with van der Waals surface area (Å²) in [5, 5.41) is 4.24. The molecule has 0 bridgehead atoms. The minimum absolute atomic E-state index is 0.0860. The van der Waals surface area contributed by atoms with Crippen molar-refractivity contribution in [1.29, 1.82) is 0 Å². The van der Waals surface area contributed by atoms with E-state index < -0.39 is 5.60 Å². The zero-order valence-electron chi connectivity index (χ0n) is 18.6. The summed E-state index contributed by atoms with van der Waals surface area (Å²) in [6.45, 7) is 5.71. The van der Waals surface area contributed by atoms with Crippen molar-refractivity contribution >= 4 is 27.5 Å². The lowest BCUT2D eigenvalue weighted by atomic mass is 9.81. The second-order valence-corrected chi connectivity index (χ2v) is 9.10. The van der Waals surface area contributed by atoms with Crippen LogP contribution in [0.3, 0.4) is 0 Å². The van der Waals surface area contributed by atoms with Gasteiger partial charge in [0.2, 0.25) is 0 Å². The number of halogens is 1. The average Bonchev–Trinajstić information content (AvgIpc) is 2.78. The number of ether oxygens (including phenoxy) is 1. The normalized spacial score (nSPS) is 15.6. The van der Waals surface area contributed by atoms with Crippen LogP contribution in [-0.2, 0) is 22.4 Å². The number of carbonyl (C=O) groups excluding carboxylic acids is 1. The summed E-state index contributed by atoms with van der Waals surface area (Å²) in [5.41, 5.74) is 2.04. The van der Waals surface area contributed by atoms with Crippen LogP contribution in [0.25, 0.3) is 21.5 Å². The third kappa shape index (κ3) is 4.93. The highest BCUT2D eigenvalue weighted by Gasteiger charge is 2.29. The Morgan fingerprint density at radius 1 is 0.938 bits per heavy atom. The molecule has 1 unspecified atom stereocenters. The number of aryl methyl sites for hydroxylation is 1. The topological polar surface area (TPSA) is 52.1 Å². The third-order valence-electron chi connectivity index (χ3n) is 5.62. The van der Waals surface area contributed by atoms with Crippen LogP contribution in [0.15, 0.2) is 67.3 Å². The van der Waals surface area contributed by atoms with Gasteiger partial charge in [-0.3, -0.25) is 14.8 Å². The van der Waals surface area contributed by atoms with Crippen LogP contribution in [0, 0.1) is 11.7 Å². The zero-order valence-corrected chi connectivity index (χ0v) is 18.6. The maximum atomic E-state index is 13.7. The molecule has 0 saturated carbocycles. The fourth-order valence-corrected chi connectivity index (χ4v) is 4.23. The minimum Gasteiger partial charge on any atom is -0.460 e. The lowest BCUT2D eigenvalue weighted by molar-refractivity contribution is -0.160. The van der Waals surface area contributed by atoms with Gasteiger partial charge < -0.3 is 4.74 Å². The van der Waals surface area contributed by atoms with Gasteiger partial charge in [-0.25, -0.2) is 4.39 Å². The van der Waals surface area contributed by atoms with Gasteiger partial charge in [-0.2, -0.15) is 0 Å². The summed E-state index contributed by atoms with van der Waals surface area (Å²) in [6.07, 6.45) is 8.90. The van der Waals surface area contributed by atoms with Crippen LogP contribution in [0.2, 0.25) is 0 Å². The van der Waals surface area contributed by atoms with Crippen LogP contribution in [-0.4, -0.2) is 21.5 Å². The molecule has 32 heavy (non-hydrogen) atoms. The van der Waals surface area contributed by atoms with Gasteiger partial charge in [0.25, 0.3) is 0 Å². The minimum atomic E-state index is -0.455. The predicted molar refractivity (Wildman–Crippen MR) is 125 cm³/mol. The molecular weight excluding hydrogens is 403 g/mol. The van der Waals surface area contributed by atoms with Crippen LogP contribution in [0.4, 0.5) is 4.39 Å². The summed E-state index contributed by atoms with van der Waals surface area (Å²) in [6, 6.07) is 13.3. The summed E-state index contributed by atoms with van der Waals surface area (Å²) in [5.74, 6) is -0.409. The number of hydrogen-bond acceptors (Lipinski definition) is 4. The molecule has 4 nitrogen and oxygen atoms in total. The Morgan fingerprint density at radius 3 is 2.25 bits per heavy atom. The molecule has 5 heteroatoms. The number of benzene rings is 3. The first-order valence-electron chi connectivity index (χ1n) is 10.9. The maximum absolute atomic E-state index is 13.7. The van der Waals surface area contributed by atoms with Crippen LogP contribution in [0.1, 0.15) is 38.3 Å². The second-order valence-electron chi connectivity index (χ2n) is 9.10. The van der Waals surface area contributed by atoms with Crippen molar-refractivity contribution < 1.29 is 13.9 Å². The Labute approximate surface area is 187 Å². The molecule has 1 heterocycles. The van der Waals surface area contributed by atoms with Crippen molar-refractivity contribution in [2.45, 2.75) is 45.6 Å². The number of rotatable bonds is 1. The Balaban J connectivity index is 0.000000354. The molecule has 0 radical (unpaired) electrons. The van der Waals surface area contributed by atoms with E-state index in [2.05, 4.69) is 34.2 Å². The van der Waals surface area contributed by atoms with E-state index in [0.717, 1.165) is 29.0 Å². The number of nitrogens with zero attached hydrogens (tertiary/aromatic N) is 2. The molecule has 4 aromatic rings. The van der Waals surface area contributed by atoms with Gasteiger partial charge in [-0.15, -0.1) is 0 Å². The third-order valence-corrected chi connectivity index (χ3v) is 5.62. The molecule has 0 N–H and O–H groups in total. The molecule has 1 atom stereocenters. The van der Waals surface area contributed by atoms with E-state index >= 15 is 0 Å². The maximum Gasteiger partial charge on any atom is 0.309 e. The van der Waals surface area contributed by atoms with Gasteiger partial charge in [-0.1, -0.05) is 30.3 Å². The average molecular weight is 431 g/mol. The Kier molecular flexibility index (Phi) is 6.17. The summed E-state index contributed by atoms with van der Waals surface area (Å²) >= 11 is 0. The molecule has 0 aliphatic heterocycles. The quantitative estimate of drug-likeness (QED) is 0.272. The van der Waals surface area contributed by atoms with Crippen LogP contribution < -0.4 is 0 Å². The highest BCUT2D eigenvalue weighted by atomic mass is 19.1. The van der Waals surface area contributed by atoms with Gasteiger partial charge in [0.05, 0.1) is 5.92 Å². The number of fused-ring (bicyclic) bond motifs is 5. The highest BCUT2D eigenvalue weighted by molar-refractivity contribution is 6.08. The number of hydrogen-bond donors (Lipinski definition) is 0. The Bertz CT molecular complexity index is 1220. The number of aromatic nitrogens is 2. The van der Waals surface area contributed by atoms with Crippen molar-refractivity contribution in [2.75, 3.05) is 0 Å². The molecule has 164 valence electrons. The predicted octanol–water partition coefficient (Wildman–Crippen LogP) is 6.06. The highest BCUT2D eigenvalue weighted by Crippen LogP contribution is 2.35. The molecule has 5 rings (SSSR count). The van der Waals surface area contributed by atoms with E-state index in [1.807, 2.05) is 26.8 Å². The fraction of sp³-hybridized carbons (Fsp3) is 0.296. The van der Waals surface area contributed by atoms with Gasteiger partial charge in [0.15, 0.2) is 0 Å². The molecule has 0 amide bonds. The smallest absolute Gasteiger partial charge is 0.309 e. The first kappa shape index (κ1) is 21.9. The fourth-order valence-electron chi connectivity index (χ4n) is 4.23. The van der Waals surface area contributed by atoms with Gasteiger partial charge in [0.1, 0.15) is 11.4 Å². The molecule has 1 aliphatic rings. The molecular formula is C27H27FN2O2. The molecule has 1 aliphatic carbocycles. The summed E-state index contributed by atoms with van der Waals surface area (Å²) in [7, 11) is 0. The molecule has 0 fully saturated rings. The molecule has 0 spiro atoms. The first-order chi connectivity index (χ1) is 15.3. The zero-order chi connectivity index (χ0) is 22.7. The van der Waals surface area contributed by atoms with Crippen molar-refractivity contribution in [3.05, 3.63) is 84.2 Å².